The molecule has 0 atom stereocenters. The number of hydrogen-bond donors (Lipinski definition) is 2. The van der Waals surface area contributed by atoms with Crippen LogP contribution in [0.15, 0.2) is 24.5 Å². The number of nitrogen functional groups attached to an aromatic ring is 1. The summed E-state index contributed by atoms with van der Waals surface area (Å²) in [6, 6.07) is 6.87. The zero-order valence-electron chi connectivity index (χ0n) is 8.98. The summed E-state index contributed by atoms with van der Waals surface area (Å²) >= 11 is 11.8. The maximum atomic E-state index is 8.99. The van der Waals surface area contributed by atoms with Gasteiger partial charge in [0.25, 0.3) is 0 Å². The van der Waals surface area contributed by atoms with Crippen LogP contribution in [0.2, 0.25) is 10.0 Å². The third-order valence-electron chi connectivity index (χ3n) is 2.17. The predicted octanol–water partition coefficient (Wildman–Crippen LogP) is 2.98. The molecule has 2 rings (SSSR count). The van der Waals surface area contributed by atoms with E-state index in [1.165, 1.54) is 6.33 Å². The summed E-state index contributed by atoms with van der Waals surface area (Å²) in [6.07, 6.45) is 1.28. The molecular weight excluding hydrogens is 273 g/mol. The Hall–Kier alpha value is -2.03. The number of nitrogens with zero attached hydrogens (tertiary/aromatic N) is 3. The quantitative estimate of drug-likeness (QED) is 0.882. The Kier molecular flexibility index (Phi) is 3.51. The third-order valence-corrected chi connectivity index (χ3v) is 2.78. The van der Waals surface area contributed by atoms with Crippen molar-refractivity contribution in [3.8, 4) is 6.07 Å². The van der Waals surface area contributed by atoms with Crippen molar-refractivity contribution in [2.75, 3.05) is 11.1 Å². The zero-order valence-corrected chi connectivity index (χ0v) is 10.5. The minimum atomic E-state index is 0.162. The normalized spacial score (nSPS) is 9.83. The fraction of sp³-hybridized carbons (Fsp3) is 0. The van der Waals surface area contributed by atoms with Crippen LogP contribution in [0.1, 0.15) is 5.56 Å². The Balaban J connectivity index is 2.43. The largest absolute Gasteiger partial charge is 0.382 e. The van der Waals surface area contributed by atoms with Crippen LogP contribution in [-0.2, 0) is 0 Å². The van der Waals surface area contributed by atoms with Gasteiger partial charge in [-0.3, -0.25) is 0 Å². The number of aromatic nitrogens is 2. The van der Waals surface area contributed by atoms with Gasteiger partial charge in [0.05, 0.1) is 11.3 Å². The number of nitrogens with one attached hydrogen (secondary N) is 1. The van der Waals surface area contributed by atoms with Crippen molar-refractivity contribution in [1.82, 2.24) is 9.97 Å². The number of nitrogens with two attached hydrogens (primary N) is 1. The number of anilines is 3. The van der Waals surface area contributed by atoms with Crippen molar-refractivity contribution in [3.63, 3.8) is 0 Å². The van der Waals surface area contributed by atoms with E-state index in [1.54, 1.807) is 18.2 Å². The van der Waals surface area contributed by atoms with Crippen LogP contribution in [-0.4, -0.2) is 9.97 Å². The van der Waals surface area contributed by atoms with Crippen LogP contribution in [0.5, 0.6) is 0 Å². The van der Waals surface area contributed by atoms with Crippen LogP contribution >= 0.6 is 23.2 Å². The molecule has 0 saturated heterocycles. The van der Waals surface area contributed by atoms with E-state index in [-0.39, 0.29) is 10.8 Å². The fourth-order valence-electron chi connectivity index (χ4n) is 1.32. The zero-order chi connectivity index (χ0) is 13.1. The van der Waals surface area contributed by atoms with Crippen LogP contribution < -0.4 is 11.1 Å². The maximum Gasteiger partial charge on any atom is 0.154 e. The molecule has 0 amide bonds. The van der Waals surface area contributed by atoms with E-state index in [0.717, 1.165) is 0 Å². The first-order chi connectivity index (χ1) is 8.61. The Morgan fingerprint density at radius 2 is 2.06 bits per heavy atom. The Labute approximate surface area is 113 Å². The molecule has 0 saturated carbocycles. The lowest BCUT2D eigenvalue weighted by molar-refractivity contribution is 1.17. The number of nitriles is 1. The molecule has 2 aromatic rings. The Morgan fingerprint density at radius 1 is 1.28 bits per heavy atom. The summed E-state index contributed by atoms with van der Waals surface area (Å²) in [7, 11) is 0. The van der Waals surface area contributed by atoms with Gasteiger partial charge in [-0.25, -0.2) is 9.97 Å². The molecule has 0 radical (unpaired) electrons. The second kappa shape index (κ2) is 5.08. The van der Waals surface area contributed by atoms with Crippen LogP contribution in [0.3, 0.4) is 0 Å². The second-order valence-corrected chi connectivity index (χ2v) is 4.16. The van der Waals surface area contributed by atoms with Crippen molar-refractivity contribution in [1.29, 1.82) is 5.26 Å². The van der Waals surface area contributed by atoms with Crippen LogP contribution in [0, 0.1) is 11.3 Å². The predicted molar refractivity (Wildman–Crippen MR) is 70.9 cm³/mol. The molecule has 3 N–H and O–H groups in total. The first-order valence-corrected chi connectivity index (χ1v) is 5.60. The molecule has 0 fully saturated rings. The van der Waals surface area contributed by atoms with Gasteiger partial charge in [-0.1, -0.05) is 23.2 Å². The average molecular weight is 280 g/mol. The highest BCUT2D eigenvalue weighted by atomic mass is 35.5. The first-order valence-electron chi connectivity index (χ1n) is 4.84. The summed E-state index contributed by atoms with van der Waals surface area (Å²) < 4.78 is 0. The summed E-state index contributed by atoms with van der Waals surface area (Å²) in [4.78, 5) is 7.70. The molecule has 1 heterocycles. The monoisotopic (exact) mass is 279 g/mol. The highest BCUT2D eigenvalue weighted by Gasteiger charge is 2.09. The summed E-state index contributed by atoms with van der Waals surface area (Å²) in [5.74, 6) is 0.484. The Bertz CT molecular complexity index is 636. The molecule has 5 nitrogen and oxygen atoms in total. The van der Waals surface area contributed by atoms with Crippen molar-refractivity contribution in [3.05, 3.63) is 40.1 Å². The number of benzene rings is 1. The topological polar surface area (TPSA) is 87.6 Å². The highest BCUT2D eigenvalue weighted by molar-refractivity contribution is 6.35. The average Bonchev–Trinajstić information content (AvgIpc) is 2.35. The lowest BCUT2D eigenvalue weighted by Gasteiger charge is -2.09. The fourth-order valence-corrected chi connectivity index (χ4v) is 1.63. The molecule has 1 aromatic heterocycles. The minimum Gasteiger partial charge on any atom is -0.382 e. The van der Waals surface area contributed by atoms with E-state index in [1.807, 2.05) is 6.07 Å². The van der Waals surface area contributed by atoms with E-state index >= 15 is 0 Å². The molecule has 0 aliphatic heterocycles. The molecule has 0 aliphatic carbocycles. The SMILES string of the molecule is N#Cc1ccc(Cl)cc1Nc1ncnc(N)c1Cl. The van der Waals surface area contributed by atoms with Gasteiger partial charge < -0.3 is 11.1 Å². The summed E-state index contributed by atoms with van der Waals surface area (Å²) in [5.41, 5.74) is 6.49. The molecule has 0 bridgehead atoms. The van der Waals surface area contributed by atoms with Gasteiger partial charge >= 0.3 is 0 Å². The molecule has 0 unspecified atom stereocenters. The maximum absolute atomic E-state index is 8.99. The molecule has 18 heavy (non-hydrogen) atoms. The number of halogens is 2. The smallest absolute Gasteiger partial charge is 0.154 e. The molecule has 1 aromatic carbocycles. The molecular formula is C11H7Cl2N5. The highest BCUT2D eigenvalue weighted by Crippen LogP contribution is 2.29. The minimum absolute atomic E-state index is 0.162. The molecule has 0 aliphatic rings. The van der Waals surface area contributed by atoms with Crippen molar-refractivity contribution in [2.45, 2.75) is 0 Å². The molecule has 0 spiro atoms. The molecule has 7 heteroatoms. The van der Waals surface area contributed by atoms with E-state index in [0.29, 0.717) is 22.1 Å². The molecule has 90 valence electrons. The van der Waals surface area contributed by atoms with E-state index in [9.17, 15) is 0 Å². The van der Waals surface area contributed by atoms with Gasteiger partial charge in [0.15, 0.2) is 5.82 Å². The first kappa shape index (κ1) is 12.4. The van der Waals surface area contributed by atoms with Gasteiger partial charge in [0, 0.05) is 5.02 Å². The summed E-state index contributed by atoms with van der Waals surface area (Å²) in [6.45, 7) is 0. The van der Waals surface area contributed by atoms with Gasteiger partial charge in [0.2, 0.25) is 0 Å². The number of rotatable bonds is 2. The van der Waals surface area contributed by atoms with Crippen LogP contribution in [0.4, 0.5) is 17.3 Å². The third kappa shape index (κ3) is 2.45. The van der Waals surface area contributed by atoms with Crippen molar-refractivity contribution in [2.24, 2.45) is 0 Å². The van der Waals surface area contributed by atoms with E-state index < -0.39 is 0 Å². The number of hydrogen-bond acceptors (Lipinski definition) is 5. The van der Waals surface area contributed by atoms with Crippen molar-refractivity contribution < 1.29 is 0 Å². The van der Waals surface area contributed by atoms with Crippen LogP contribution in [0.25, 0.3) is 0 Å². The van der Waals surface area contributed by atoms with Gasteiger partial charge in [0.1, 0.15) is 23.2 Å². The Morgan fingerprint density at radius 3 is 2.78 bits per heavy atom. The van der Waals surface area contributed by atoms with Gasteiger partial charge in [-0.15, -0.1) is 0 Å². The van der Waals surface area contributed by atoms with E-state index in [4.69, 9.17) is 34.2 Å². The van der Waals surface area contributed by atoms with Gasteiger partial charge in [-0.2, -0.15) is 5.26 Å². The lowest BCUT2D eigenvalue weighted by Crippen LogP contribution is -2.00. The van der Waals surface area contributed by atoms with Crippen molar-refractivity contribution >= 4 is 40.5 Å². The van der Waals surface area contributed by atoms with E-state index in [2.05, 4.69) is 15.3 Å². The summed E-state index contributed by atoms with van der Waals surface area (Å²) in [5, 5.41) is 12.6. The lowest BCUT2D eigenvalue weighted by atomic mass is 10.2. The standard InChI is InChI=1S/C11H7Cl2N5/c12-7-2-1-6(4-14)8(3-7)18-11-9(13)10(15)16-5-17-11/h1-3,5H,(H3,15,16,17,18). The van der Waals surface area contributed by atoms with Gasteiger partial charge in [-0.05, 0) is 18.2 Å². The second-order valence-electron chi connectivity index (χ2n) is 3.35.